The fraction of sp³-hybridized carbons (Fsp3) is 0.133. The van der Waals surface area contributed by atoms with Crippen molar-refractivity contribution in [1.29, 1.82) is 0 Å². The molecule has 22 heavy (non-hydrogen) atoms. The summed E-state index contributed by atoms with van der Waals surface area (Å²) in [4.78, 5) is 14.5. The second kappa shape index (κ2) is 7.51. The number of rotatable bonds is 5. The monoisotopic (exact) mass is 426 g/mol. The smallest absolute Gasteiger partial charge is 0.269 e. The van der Waals surface area contributed by atoms with Crippen molar-refractivity contribution < 1.29 is 9.66 Å². The first-order valence-corrected chi connectivity index (χ1v) is 8.00. The van der Waals surface area contributed by atoms with Gasteiger partial charge in [0, 0.05) is 28.4 Å². The van der Waals surface area contributed by atoms with Crippen LogP contribution in [0.2, 0.25) is 0 Å². The molecule has 0 saturated carbocycles. The zero-order chi connectivity index (χ0) is 16.1. The molecule has 0 aliphatic heterocycles. The van der Waals surface area contributed by atoms with E-state index < -0.39 is 4.92 Å². The molecule has 0 amide bonds. The molecule has 0 atom stereocenters. The third-order valence-electron chi connectivity index (χ3n) is 2.74. The van der Waals surface area contributed by atoms with Crippen molar-refractivity contribution in [3.63, 3.8) is 0 Å². The molecule has 0 unspecified atom stereocenters. The van der Waals surface area contributed by atoms with Crippen LogP contribution in [-0.2, 0) is 0 Å². The molecule has 0 bridgehead atoms. The number of ether oxygens (including phenoxy) is 1. The van der Waals surface area contributed by atoms with E-state index in [1.54, 1.807) is 18.3 Å². The molecule has 0 N–H and O–H groups in total. The number of hydrogen-bond donors (Lipinski definition) is 0. The van der Waals surface area contributed by atoms with Crippen molar-refractivity contribution in [1.82, 2.24) is 0 Å². The summed E-state index contributed by atoms with van der Waals surface area (Å²) in [6.07, 6.45) is 1.67. The molecule has 0 saturated heterocycles. The molecule has 0 aliphatic rings. The minimum atomic E-state index is -0.438. The Bertz CT molecular complexity index is 715. The van der Waals surface area contributed by atoms with Gasteiger partial charge >= 0.3 is 0 Å². The molecular formula is C15H12Br2N2O3. The van der Waals surface area contributed by atoms with E-state index in [1.807, 2.05) is 19.1 Å². The average molecular weight is 428 g/mol. The minimum absolute atomic E-state index is 0.0409. The van der Waals surface area contributed by atoms with Crippen molar-refractivity contribution in [3.05, 3.63) is 61.0 Å². The van der Waals surface area contributed by atoms with Gasteiger partial charge in [-0.15, -0.1) is 0 Å². The normalized spacial score (nSPS) is 10.9. The van der Waals surface area contributed by atoms with Gasteiger partial charge in [0.1, 0.15) is 5.75 Å². The standard InChI is InChI=1S/C15H12Br2N2O3/c1-2-22-15-10(7-11(16)8-14(15)17)9-18-12-3-5-13(6-4-12)19(20)21/h3-9H,2H2,1H3. The molecule has 114 valence electrons. The molecule has 7 heteroatoms. The predicted octanol–water partition coefficient (Wildman–Crippen LogP) is 5.27. The van der Waals surface area contributed by atoms with Gasteiger partial charge in [-0.2, -0.15) is 0 Å². The quantitative estimate of drug-likeness (QED) is 0.371. The number of non-ortho nitro benzene ring substituents is 1. The molecule has 5 nitrogen and oxygen atoms in total. The second-order valence-corrected chi connectivity index (χ2v) is 6.04. The molecule has 2 aromatic rings. The van der Waals surface area contributed by atoms with Crippen LogP contribution in [0.5, 0.6) is 5.75 Å². The lowest BCUT2D eigenvalue weighted by Gasteiger charge is -2.10. The van der Waals surface area contributed by atoms with E-state index in [0.717, 1.165) is 14.5 Å². The summed E-state index contributed by atoms with van der Waals surface area (Å²) in [5, 5.41) is 10.6. The van der Waals surface area contributed by atoms with Crippen molar-refractivity contribution in [2.75, 3.05) is 6.61 Å². The van der Waals surface area contributed by atoms with Gasteiger partial charge in [-0.1, -0.05) is 15.9 Å². The van der Waals surface area contributed by atoms with Crippen molar-refractivity contribution in [2.24, 2.45) is 4.99 Å². The SMILES string of the molecule is CCOc1c(Br)cc(Br)cc1C=Nc1ccc([N+](=O)[O-])cc1. The van der Waals surface area contributed by atoms with Gasteiger partial charge in [0.15, 0.2) is 0 Å². The summed E-state index contributed by atoms with van der Waals surface area (Å²) < 4.78 is 7.34. The number of halogens is 2. The van der Waals surface area contributed by atoms with E-state index in [9.17, 15) is 10.1 Å². The first kappa shape index (κ1) is 16.6. The van der Waals surface area contributed by atoms with Crippen LogP contribution >= 0.6 is 31.9 Å². The van der Waals surface area contributed by atoms with Gasteiger partial charge in [-0.05, 0) is 47.1 Å². The van der Waals surface area contributed by atoms with Crippen LogP contribution in [0.25, 0.3) is 0 Å². The molecule has 0 aliphatic carbocycles. The lowest BCUT2D eigenvalue weighted by Crippen LogP contribution is -1.97. The number of benzene rings is 2. The topological polar surface area (TPSA) is 64.7 Å². The third kappa shape index (κ3) is 4.14. The van der Waals surface area contributed by atoms with Gasteiger partial charge in [0.05, 0.1) is 21.7 Å². The highest BCUT2D eigenvalue weighted by atomic mass is 79.9. The highest BCUT2D eigenvalue weighted by molar-refractivity contribution is 9.11. The maximum atomic E-state index is 10.6. The van der Waals surface area contributed by atoms with E-state index >= 15 is 0 Å². The highest BCUT2D eigenvalue weighted by Gasteiger charge is 2.08. The Hall–Kier alpha value is -1.73. The largest absolute Gasteiger partial charge is 0.492 e. The molecule has 0 aromatic heterocycles. The van der Waals surface area contributed by atoms with Crippen LogP contribution in [0, 0.1) is 10.1 Å². The molecule has 0 fully saturated rings. The van der Waals surface area contributed by atoms with Gasteiger partial charge < -0.3 is 4.74 Å². The summed E-state index contributed by atoms with van der Waals surface area (Å²) in [6.45, 7) is 2.45. The predicted molar refractivity (Wildman–Crippen MR) is 93.4 cm³/mol. The number of hydrogen-bond acceptors (Lipinski definition) is 4. The lowest BCUT2D eigenvalue weighted by molar-refractivity contribution is -0.384. The lowest BCUT2D eigenvalue weighted by atomic mass is 10.2. The van der Waals surface area contributed by atoms with Gasteiger partial charge in [-0.3, -0.25) is 15.1 Å². The molecule has 2 aromatic carbocycles. The fourth-order valence-corrected chi connectivity index (χ4v) is 3.15. The third-order valence-corrected chi connectivity index (χ3v) is 3.79. The number of nitro benzene ring substituents is 1. The number of aliphatic imine (C=N–C) groups is 1. The Morgan fingerprint density at radius 2 is 1.95 bits per heavy atom. The Morgan fingerprint density at radius 1 is 1.27 bits per heavy atom. The molecular weight excluding hydrogens is 416 g/mol. The van der Waals surface area contributed by atoms with Crippen molar-refractivity contribution >= 4 is 49.4 Å². The summed E-state index contributed by atoms with van der Waals surface area (Å²) in [7, 11) is 0. The Balaban J connectivity index is 2.31. The van der Waals surface area contributed by atoms with Crippen LogP contribution in [0.3, 0.4) is 0 Å². The fourth-order valence-electron chi connectivity index (χ4n) is 1.78. The van der Waals surface area contributed by atoms with Crippen LogP contribution in [0.15, 0.2) is 50.3 Å². The van der Waals surface area contributed by atoms with Crippen LogP contribution in [0.1, 0.15) is 12.5 Å². The maximum Gasteiger partial charge on any atom is 0.269 e. The zero-order valence-corrected chi connectivity index (χ0v) is 14.8. The van der Waals surface area contributed by atoms with E-state index in [4.69, 9.17) is 4.74 Å². The van der Waals surface area contributed by atoms with E-state index in [2.05, 4.69) is 36.9 Å². The van der Waals surface area contributed by atoms with Crippen LogP contribution < -0.4 is 4.74 Å². The zero-order valence-electron chi connectivity index (χ0n) is 11.6. The summed E-state index contributed by atoms with van der Waals surface area (Å²) in [6, 6.07) is 9.84. The van der Waals surface area contributed by atoms with E-state index in [1.165, 1.54) is 12.1 Å². The molecule has 0 spiro atoms. The molecule has 2 rings (SSSR count). The van der Waals surface area contributed by atoms with Crippen LogP contribution in [-0.4, -0.2) is 17.7 Å². The summed E-state index contributed by atoms with van der Waals surface area (Å²) in [5.41, 5.74) is 1.48. The maximum absolute atomic E-state index is 10.6. The van der Waals surface area contributed by atoms with Gasteiger partial charge in [-0.25, -0.2) is 0 Å². The number of nitro groups is 1. The highest BCUT2D eigenvalue weighted by Crippen LogP contribution is 2.32. The first-order valence-electron chi connectivity index (χ1n) is 6.41. The first-order chi connectivity index (χ1) is 10.5. The van der Waals surface area contributed by atoms with Crippen molar-refractivity contribution in [2.45, 2.75) is 6.92 Å². The minimum Gasteiger partial charge on any atom is -0.492 e. The second-order valence-electron chi connectivity index (χ2n) is 4.27. The molecule has 0 heterocycles. The Labute approximate surface area is 144 Å². The van der Waals surface area contributed by atoms with Crippen molar-refractivity contribution in [3.8, 4) is 5.75 Å². The summed E-state index contributed by atoms with van der Waals surface area (Å²) in [5.74, 6) is 0.705. The Kier molecular flexibility index (Phi) is 5.68. The van der Waals surface area contributed by atoms with E-state index in [-0.39, 0.29) is 5.69 Å². The average Bonchev–Trinajstić information content (AvgIpc) is 2.48. The van der Waals surface area contributed by atoms with Gasteiger partial charge in [0.2, 0.25) is 0 Å². The van der Waals surface area contributed by atoms with Gasteiger partial charge in [0.25, 0.3) is 5.69 Å². The Morgan fingerprint density at radius 3 is 2.55 bits per heavy atom. The van der Waals surface area contributed by atoms with E-state index in [0.29, 0.717) is 18.0 Å². The number of nitrogens with zero attached hydrogens (tertiary/aromatic N) is 2. The summed E-state index contributed by atoms with van der Waals surface area (Å²) >= 11 is 6.89. The molecule has 0 radical (unpaired) electrons. The van der Waals surface area contributed by atoms with Crippen LogP contribution in [0.4, 0.5) is 11.4 Å².